The van der Waals surface area contributed by atoms with Gasteiger partial charge in [0.1, 0.15) is 0 Å². The van der Waals surface area contributed by atoms with Crippen LogP contribution in [0.1, 0.15) is 11.4 Å². The predicted molar refractivity (Wildman–Crippen MR) is 67.4 cm³/mol. The topological polar surface area (TPSA) is 25.8 Å². The SMILES string of the molecule is c1ccc(C[Se][Se]Cc2ccccn2)nc1. The Morgan fingerprint density at radius 3 is 1.62 bits per heavy atom. The van der Waals surface area contributed by atoms with E-state index in [1.54, 1.807) is 0 Å². The molecule has 2 rings (SSSR count). The third-order valence-electron chi connectivity index (χ3n) is 1.95. The molecular formula is C12H12N2Se2. The third-order valence-corrected chi connectivity index (χ3v) is 8.42. The number of nitrogens with zero attached hydrogens (tertiary/aromatic N) is 2. The van der Waals surface area contributed by atoms with Crippen molar-refractivity contribution >= 4 is 26.3 Å². The first-order chi connectivity index (χ1) is 7.95. The Labute approximate surface area is 107 Å². The van der Waals surface area contributed by atoms with Gasteiger partial charge in [0.15, 0.2) is 0 Å². The summed E-state index contributed by atoms with van der Waals surface area (Å²) in [5.41, 5.74) is 2.45. The zero-order valence-electron chi connectivity index (χ0n) is 8.74. The van der Waals surface area contributed by atoms with Crippen molar-refractivity contribution in [2.24, 2.45) is 0 Å². The van der Waals surface area contributed by atoms with E-state index >= 15 is 0 Å². The van der Waals surface area contributed by atoms with Crippen LogP contribution in [0.4, 0.5) is 0 Å². The molecule has 4 heteroatoms. The molecule has 0 spiro atoms. The van der Waals surface area contributed by atoms with E-state index < -0.39 is 0 Å². The summed E-state index contributed by atoms with van der Waals surface area (Å²) in [4.78, 5) is 8.67. The van der Waals surface area contributed by atoms with Crippen LogP contribution in [0.3, 0.4) is 0 Å². The molecule has 2 nitrogen and oxygen atoms in total. The summed E-state index contributed by atoms with van der Waals surface area (Å²) in [6.07, 6.45) is 3.74. The molecule has 0 atom stereocenters. The van der Waals surface area contributed by atoms with Gasteiger partial charge in [-0.2, -0.15) is 0 Å². The molecule has 0 unspecified atom stereocenters. The second-order valence-electron chi connectivity index (χ2n) is 3.17. The summed E-state index contributed by atoms with van der Waals surface area (Å²) in [5, 5.41) is 2.31. The minimum atomic E-state index is 0.693. The van der Waals surface area contributed by atoms with E-state index in [0.717, 1.165) is 10.6 Å². The third kappa shape index (κ3) is 4.07. The molecule has 0 saturated heterocycles. The van der Waals surface area contributed by atoms with Gasteiger partial charge >= 0.3 is 107 Å². The standard InChI is InChI=1S/C12H12N2Se2/c1-3-7-13-11(5-1)9-15-16-10-12-6-2-4-8-14-12/h1-8H,9-10H2. The molecule has 2 heterocycles. The van der Waals surface area contributed by atoms with Gasteiger partial charge in [0.2, 0.25) is 0 Å². The fraction of sp³-hybridized carbons (Fsp3) is 0.167. The average molecular weight is 342 g/mol. The van der Waals surface area contributed by atoms with Crippen molar-refractivity contribution in [1.29, 1.82) is 0 Å². The molecule has 0 aliphatic heterocycles. The van der Waals surface area contributed by atoms with Gasteiger partial charge in [-0.25, -0.2) is 0 Å². The Kier molecular flexibility index (Phi) is 5.04. The maximum atomic E-state index is 4.33. The Balaban J connectivity index is 1.70. The first-order valence-corrected chi connectivity index (χ1v) is 11.7. The zero-order valence-corrected chi connectivity index (χ0v) is 12.2. The van der Waals surface area contributed by atoms with Crippen molar-refractivity contribution in [3.8, 4) is 0 Å². The van der Waals surface area contributed by atoms with E-state index in [0.29, 0.717) is 26.3 Å². The summed E-state index contributed by atoms with van der Waals surface area (Å²) < 4.78 is 0. The van der Waals surface area contributed by atoms with Crippen LogP contribution in [-0.2, 0) is 10.6 Å². The molecule has 2 aromatic heterocycles. The average Bonchev–Trinajstić information content (AvgIpc) is 2.37. The molecule has 82 valence electrons. The molecule has 0 aliphatic rings. The van der Waals surface area contributed by atoms with E-state index in [1.807, 2.05) is 24.5 Å². The molecule has 0 amide bonds. The van der Waals surface area contributed by atoms with Gasteiger partial charge in [-0.15, -0.1) is 0 Å². The van der Waals surface area contributed by atoms with Crippen molar-refractivity contribution < 1.29 is 0 Å². The number of rotatable bonds is 5. The van der Waals surface area contributed by atoms with Gasteiger partial charge in [-0.3, -0.25) is 0 Å². The van der Waals surface area contributed by atoms with Crippen molar-refractivity contribution in [2.45, 2.75) is 10.6 Å². The van der Waals surface area contributed by atoms with E-state index in [1.165, 1.54) is 11.4 Å². The number of hydrogen-bond acceptors (Lipinski definition) is 2. The molecule has 0 aliphatic carbocycles. The molecular weight excluding hydrogens is 330 g/mol. The molecule has 16 heavy (non-hydrogen) atoms. The van der Waals surface area contributed by atoms with E-state index in [9.17, 15) is 0 Å². The molecule has 0 aromatic carbocycles. The fourth-order valence-electron chi connectivity index (χ4n) is 1.17. The Morgan fingerprint density at radius 1 is 0.750 bits per heavy atom. The van der Waals surface area contributed by atoms with Gasteiger partial charge in [0.25, 0.3) is 0 Å². The van der Waals surface area contributed by atoms with Gasteiger partial charge in [0, 0.05) is 0 Å². The second-order valence-corrected chi connectivity index (χ2v) is 10.5. The van der Waals surface area contributed by atoms with Crippen molar-refractivity contribution in [1.82, 2.24) is 9.97 Å². The molecule has 2 aromatic rings. The van der Waals surface area contributed by atoms with Gasteiger partial charge in [-0.1, -0.05) is 0 Å². The minimum absolute atomic E-state index is 0.693. The predicted octanol–water partition coefficient (Wildman–Crippen LogP) is 1.50. The van der Waals surface area contributed by atoms with Crippen molar-refractivity contribution in [2.75, 3.05) is 0 Å². The van der Waals surface area contributed by atoms with Crippen molar-refractivity contribution in [3.63, 3.8) is 0 Å². The van der Waals surface area contributed by atoms with Crippen LogP contribution in [-0.4, -0.2) is 36.2 Å². The first kappa shape index (κ1) is 11.8. The maximum absolute atomic E-state index is 4.33. The van der Waals surface area contributed by atoms with Crippen LogP contribution < -0.4 is 0 Å². The quantitative estimate of drug-likeness (QED) is 0.608. The summed E-state index contributed by atoms with van der Waals surface area (Å²) in [6, 6.07) is 12.3. The second kappa shape index (κ2) is 6.82. The zero-order chi connectivity index (χ0) is 11.1. The number of aromatic nitrogens is 2. The van der Waals surface area contributed by atoms with Crippen LogP contribution in [0, 0.1) is 0 Å². The molecule has 0 saturated carbocycles. The Hall–Kier alpha value is -0.661. The number of pyridine rings is 2. The molecule has 0 bridgehead atoms. The van der Waals surface area contributed by atoms with Gasteiger partial charge in [-0.05, 0) is 0 Å². The summed E-state index contributed by atoms with van der Waals surface area (Å²) in [5.74, 6) is 0. The van der Waals surface area contributed by atoms with Crippen LogP contribution in [0.25, 0.3) is 0 Å². The number of hydrogen-bond donors (Lipinski definition) is 0. The molecule has 0 radical (unpaired) electrons. The summed E-state index contributed by atoms with van der Waals surface area (Å²) in [7, 11) is 0. The van der Waals surface area contributed by atoms with Gasteiger partial charge < -0.3 is 0 Å². The van der Waals surface area contributed by atoms with Gasteiger partial charge in [0.05, 0.1) is 0 Å². The molecule has 0 N–H and O–H groups in total. The monoisotopic (exact) mass is 344 g/mol. The van der Waals surface area contributed by atoms with Crippen LogP contribution in [0.15, 0.2) is 48.8 Å². The Morgan fingerprint density at radius 2 is 1.25 bits per heavy atom. The summed E-state index contributed by atoms with van der Waals surface area (Å²) >= 11 is 1.39. The Bertz CT molecular complexity index is 364. The molecule has 0 fully saturated rings. The van der Waals surface area contributed by atoms with Crippen LogP contribution in [0.2, 0.25) is 0 Å². The summed E-state index contributed by atoms with van der Waals surface area (Å²) in [6.45, 7) is 0. The fourth-order valence-corrected chi connectivity index (χ4v) is 7.19. The van der Waals surface area contributed by atoms with E-state index in [-0.39, 0.29) is 0 Å². The van der Waals surface area contributed by atoms with Crippen molar-refractivity contribution in [3.05, 3.63) is 60.2 Å². The van der Waals surface area contributed by atoms with Crippen LogP contribution >= 0.6 is 0 Å². The normalized spacial score (nSPS) is 10.2. The first-order valence-electron chi connectivity index (χ1n) is 4.99. The van der Waals surface area contributed by atoms with E-state index in [2.05, 4.69) is 34.2 Å². The van der Waals surface area contributed by atoms with Crippen LogP contribution in [0.5, 0.6) is 0 Å². The van der Waals surface area contributed by atoms with E-state index in [4.69, 9.17) is 0 Å².